The van der Waals surface area contributed by atoms with Gasteiger partial charge in [-0.1, -0.05) is 15.9 Å². The number of Topliss-reactive ketones (excluding diaryl/α,β-unsaturated/α-hetero) is 1. The van der Waals surface area contributed by atoms with Crippen molar-refractivity contribution in [3.05, 3.63) is 23.8 Å². The highest BCUT2D eigenvalue weighted by atomic mass is 79.9. The van der Waals surface area contributed by atoms with Crippen LogP contribution in [0.25, 0.3) is 0 Å². The Kier molecular flexibility index (Phi) is 6.07. The normalized spacial score (nSPS) is 11.6. The van der Waals surface area contributed by atoms with Crippen LogP contribution in [-0.2, 0) is 0 Å². The summed E-state index contributed by atoms with van der Waals surface area (Å²) in [4.78, 5) is 12.4. The molecule has 1 aromatic carbocycles. The van der Waals surface area contributed by atoms with Crippen molar-refractivity contribution in [2.75, 3.05) is 11.6 Å². The maximum absolute atomic E-state index is 12.3. The number of rotatable bonds is 5. The van der Waals surface area contributed by atoms with Gasteiger partial charge in [0.25, 0.3) is 0 Å². The summed E-state index contributed by atoms with van der Waals surface area (Å²) >= 11 is 4.26. The minimum Gasteiger partial charge on any atom is -0.294 e. The van der Waals surface area contributed by atoms with Crippen LogP contribution in [0.5, 0.6) is 0 Å². The fourth-order valence-corrected chi connectivity index (χ4v) is 2.84. The Labute approximate surface area is 120 Å². The molecule has 0 aliphatic carbocycles. The third kappa shape index (κ3) is 5.24. The molecule has 1 aromatic rings. The molecule has 0 bridgehead atoms. The Morgan fingerprint density at radius 2 is 1.89 bits per heavy atom. The van der Waals surface area contributed by atoms with Gasteiger partial charge < -0.3 is 0 Å². The maximum atomic E-state index is 12.3. The third-order valence-corrected chi connectivity index (χ3v) is 3.80. The monoisotopic (exact) mass is 358 g/mol. The molecule has 0 spiro atoms. The van der Waals surface area contributed by atoms with Crippen LogP contribution in [0.3, 0.4) is 0 Å². The minimum absolute atomic E-state index is 0.0484. The van der Waals surface area contributed by atoms with E-state index in [4.69, 9.17) is 0 Å². The summed E-state index contributed by atoms with van der Waals surface area (Å²) in [7, 11) is 0. The quantitative estimate of drug-likeness (QED) is 0.419. The van der Waals surface area contributed by atoms with E-state index in [1.807, 2.05) is 0 Å². The molecule has 0 atom stereocenters. The smallest absolute Gasteiger partial charge is 0.294 e. The molecule has 0 amide bonds. The Bertz CT molecular complexity index is 435. The lowest BCUT2D eigenvalue weighted by atomic mass is 10.1. The van der Waals surface area contributed by atoms with Crippen molar-refractivity contribution in [1.29, 1.82) is 0 Å². The molecule has 1 rings (SSSR count). The second-order valence-electron chi connectivity index (χ2n) is 3.31. The fourth-order valence-electron chi connectivity index (χ4n) is 1.27. The van der Waals surface area contributed by atoms with E-state index in [1.54, 1.807) is 12.3 Å². The molecule has 0 heterocycles. The molecule has 0 fully saturated rings. The van der Waals surface area contributed by atoms with E-state index < -0.39 is 5.51 Å². The average molecular weight is 359 g/mol. The van der Waals surface area contributed by atoms with E-state index >= 15 is 0 Å². The Morgan fingerprint density at radius 1 is 1.28 bits per heavy atom. The third-order valence-electron chi connectivity index (χ3n) is 1.99. The van der Waals surface area contributed by atoms with E-state index in [0.717, 1.165) is 0 Å². The summed E-state index contributed by atoms with van der Waals surface area (Å²) in [5.41, 5.74) is -4.01. The van der Waals surface area contributed by atoms with E-state index in [0.29, 0.717) is 15.8 Å². The predicted molar refractivity (Wildman–Crippen MR) is 72.9 cm³/mol. The van der Waals surface area contributed by atoms with Crippen LogP contribution in [0.1, 0.15) is 16.8 Å². The number of alkyl halides is 4. The molecule has 0 saturated carbocycles. The Hall–Kier alpha value is -0.140. The zero-order valence-corrected chi connectivity index (χ0v) is 12.6. The van der Waals surface area contributed by atoms with Crippen molar-refractivity contribution in [3.8, 4) is 0 Å². The molecule has 7 heteroatoms. The van der Waals surface area contributed by atoms with Crippen LogP contribution in [0.2, 0.25) is 0 Å². The number of ketones is 1. The SMILES string of the molecule is CSc1cc(SC(F)(F)F)cc(C(=O)CCBr)c1. The first kappa shape index (κ1) is 15.9. The van der Waals surface area contributed by atoms with Crippen LogP contribution in [0, 0.1) is 0 Å². The first-order valence-electron chi connectivity index (χ1n) is 4.89. The average Bonchev–Trinajstić information content (AvgIpc) is 2.26. The van der Waals surface area contributed by atoms with E-state index in [9.17, 15) is 18.0 Å². The molecule has 0 saturated heterocycles. The first-order valence-corrected chi connectivity index (χ1v) is 8.06. The molecule has 0 unspecified atom stereocenters. The van der Waals surface area contributed by atoms with Crippen molar-refractivity contribution >= 4 is 45.2 Å². The van der Waals surface area contributed by atoms with Crippen LogP contribution in [-0.4, -0.2) is 22.9 Å². The fraction of sp³-hybridized carbons (Fsp3) is 0.364. The minimum atomic E-state index is -4.34. The van der Waals surface area contributed by atoms with Crippen molar-refractivity contribution in [2.45, 2.75) is 21.7 Å². The van der Waals surface area contributed by atoms with Crippen LogP contribution >= 0.6 is 39.5 Å². The van der Waals surface area contributed by atoms with Gasteiger partial charge in [-0.25, -0.2) is 0 Å². The molecule has 100 valence electrons. The zero-order chi connectivity index (χ0) is 13.8. The second kappa shape index (κ2) is 6.86. The molecule has 0 N–H and O–H groups in total. The van der Waals surface area contributed by atoms with Gasteiger partial charge in [-0.3, -0.25) is 4.79 Å². The molecule has 18 heavy (non-hydrogen) atoms. The Morgan fingerprint density at radius 3 is 2.39 bits per heavy atom. The Balaban J connectivity index is 3.05. The van der Waals surface area contributed by atoms with Gasteiger partial charge >= 0.3 is 5.51 Å². The van der Waals surface area contributed by atoms with Gasteiger partial charge in [0.2, 0.25) is 0 Å². The number of carbonyl (C=O) groups is 1. The lowest BCUT2D eigenvalue weighted by Gasteiger charge is -2.09. The molecular weight excluding hydrogens is 349 g/mol. The highest BCUT2D eigenvalue weighted by molar-refractivity contribution is 9.09. The van der Waals surface area contributed by atoms with Gasteiger partial charge in [-0.05, 0) is 36.2 Å². The summed E-state index contributed by atoms with van der Waals surface area (Å²) < 4.78 is 37.0. The van der Waals surface area contributed by atoms with Crippen molar-refractivity contribution in [3.63, 3.8) is 0 Å². The highest BCUT2D eigenvalue weighted by Crippen LogP contribution is 2.38. The van der Waals surface area contributed by atoms with Gasteiger partial charge in [-0.15, -0.1) is 11.8 Å². The molecular formula is C11H10BrF3OS2. The topological polar surface area (TPSA) is 17.1 Å². The van der Waals surface area contributed by atoms with E-state index in [1.165, 1.54) is 23.9 Å². The van der Waals surface area contributed by atoms with Gasteiger partial charge in [0.15, 0.2) is 5.78 Å². The molecule has 0 aliphatic heterocycles. The van der Waals surface area contributed by atoms with E-state index in [2.05, 4.69) is 15.9 Å². The van der Waals surface area contributed by atoms with Gasteiger partial charge in [0.05, 0.1) is 0 Å². The lowest BCUT2D eigenvalue weighted by Crippen LogP contribution is -2.03. The maximum Gasteiger partial charge on any atom is 0.446 e. The lowest BCUT2D eigenvalue weighted by molar-refractivity contribution is -0.0328. The number of hydrogen-bond acceptors (Lipinski definition) is 3. The van der Waals surface area contributed by atoms with Gasteiger partial charge in [-0.2, -0.15) is 13.2 Å². The zero-order valence-electron chi connectivity index (χ0n) is 9.38. The predicted octanol–water partition coefficient (Wildman–Crippen LogP) is 4.99. The van der Waals surface area contributed by atoms with Crippen LogP contribution < -0.4 is 0 Å². The van der Waals surface area contributed by atoms with Crippen molar-refractivity contribution in [2.24, 2.45) is 0 Å². The summed E-state index contributed by atoms with van der Waals surface area (Å²) in [5, 5.41) is 0.497. The molecule has 0 radical (unpaired) electrons. The molecule has 0 aromatic heterocycles. The standard InChI is InChI=1S/C11H10BrF3OS2/c1-17-8-4-7(10(16)2-3-12)5-9(6-8)18-11(13,14)15/h4-6H,2-3H2,1H3. The van der Waals surface area contributed by atoms with Crippen molar-refractivity contribution < 1.29 is 18.0 Å². The van der Waals surface area contributed by atoms with E-state index in [-0.39, 0.29) is 28.9 Å². The number of halogens is 4. The largest absolute Gasteiger partial charge is 0.446 e. The second-order valence-corrected chi connectivity index (χ2v) is 6.12. The first-order chi connectivity index (χ1) is 8.35. The van der Waals surface area contributed by atoms with Crippen LogP contribution in [0.15, 0.2) is 28.0 Å². The molecule has 1 nitrogen and oxygen atoms in total. The summed E-state index contributed by atoms with van der Waals surface area (Å²) in [5.74, 6) is -0.160. The highest BCUT2D eigenvalue weighted by Gasteiger charge is 2.29. The summed E-state index contributed by atoms with van der Waals surface area (Å²) in [6.45, 7) is 0. The molecule has 0 aliphatic rings. The number of thioether (sulfide) groups is 2. The number of carbonyl (C=O) groups excluding carboxylic acids is 1. The van der Waals surface area contributed by atoms with Gasteiger partial charge in [0, 0.05) is 27.1 Å². The summed E-state index contributed by atoms with van der Waals surface area (Å²) in [6.07, 6.45) is 2.03. The van der Waals surface area contributed by atoms with Gasteiger partial charge in [0.1, 0.15) is 0 Å². The van der Waals surface area contributed by atoms with Crippen LogP contribution in [0.4, 0.5) is 13.2 Å². The summed E-state index contributed by atoms with van der Waals surface area (Å²) in [6, 6.07) is 4.35. The number of benzene rings is 1. The van der Waals surface area contributed by atoms with Crippen molar-refractivity contribution in [1.82, 2.24) is 0 Å². The number of hydrogen-bond donors (Lipinski definition) is 0.